The summed E-state index contributed by atoms with van der Waals surface area (Å²) in [5.74, 6) is 1.42. The van der Waals surface area contributed by atoms with Gasteiger partial charge in [0.25, 0.3) is 0 Å². The van der Waals surface area contributed by atoms with E-state index in [1.807, 2.05) is 32.9 Å². The Morgan fingerprint density at radius 2 is 2.08 bits per heavy atom. The first-order valence-electron chi connectivity index (χ1n) is 9.49. The van der Waals surface area contributed by atoms with Crippen LogP contribution >= 0.6 is 0 Å². The summed E-state index contributed by atoms with van der Waals surface area (Å²) < 4.78 is 12.5. The van der Waals surface area contributed by atoms with Gasteiger partial charge >= 0.3 is 0 Å². The van der Waals surface area contributed by atoms with Crippen molar-refractivity contribution in [1.29, 1.82) is 0 Å². The average molecular weight is 357 g/mol. The minimum Gasteiger partial charge on any atom is -0.484 e. The molecule has 1 saturated heterocycles. The summed E-state index contributed by atoms with van der Waals surface area (Å²) in [4.78, 5) is 2.24. The molecule has 5 heteroatoms. The fourth-order valence-corrected chi connectivity index (χ4v) is 5.69. The van der Waals surface area contributed by atoms with Crippen molar-refractivity contribution in [3.63, 3.8) is 0 Å². The van der Waals surface area contributed by atoms with Crippen LogP contribution in [0.4, 0.5) is 0 Å². The van der Waals surface area contributed by atoms with E-state index in [1.54, 1.807) is 6.08 Å². The molecule has 2 aliphatic heterocycles. The number of nitrogens with zero attached hydrogens (tertiary/aromatic N) is 1. The van der Waals surface area contributed by atoms with Crippen molar-refractivity contribution in [2.75, 3.05) is 13.6 Å². The second-order valence-corrected chi connectivity index (χ2v) is 9.28. The number of aliphatic hydroxyl groups is 2. The third-order valence-corrected chi connectivity index (χ3v) is 6.69. The first-order chi connectivity index (χ1) is 12.2. The maximum absolute atomic E-state index is 11.9. The summed E-state index contributed by atoms with van der Waals surface area (Å²) in [5, 5.41) is 22.6. The highest BCUT2D eigenvalue weighted by Gasteiger charge is 2.71. The molecule has 0 radical (unpaired) electrons. The van der Waals surface area contributed by atoms with Crippen molar-refractivity contribution in [3.05, 3.63) is 35.4 Å². The predicted octanol–water partition coefficient (Wildman–Crippen LogP) is 1.78. The number of benzene rings is 1. The van der Waals surface area contributed by atoms with Gasteiger partial charge in [-0.15, -0.1) is 0 Å². The minimum absolute atomic E-state index is 0.0149. The molecule has 1 aromatic carbocycles. The number of rotatable bonds is 1. The summed E-state index contributed by atoms with van der Waals surface area (Å²) in [6, 6.07) is 4.08. The molecular formula is C21H27NO4. The van der Waals surface area contributed by atoms with Crippen molar-refractivity contribution in [2.24, 2.45) is 0 Å². The summed E-state index contributed by atoms with van der Waals surface area (Å²) in [6.45, 7) is 6.91. The van der Waals surface area contributed by atoms with Crippen molar-refractivity contribution in [2.45, 2.75) is 68.5 Å². The fourth-order valence-electron chi connectivity index (χ4n) is 5.69. The van der Waals surface area contributed by atoms with Crippen molar-refractivity contribution >= 4 is 0 Å². The number of ether oxygens (including phenoxy) is 2. The van der Waals surface area contributed by atoms with Crippen LogP contribution in [0.2, 0.25) is 0 Å². The lowest BCUT2D eigenvalue weighted by molar-refractivity contribution is -0.151. The van der Waals surface area contributed by atoms with Gasteiger partial charge in [-0.25, -0.2) is 0 Å². The Hall–Kier alpha value is -1.56. The molecule has 0 amide bonds. The highest BCUT2D eigenvalue weighted by molar-refractivity contribution is 5.64. The third-order valence-electron chi connectivity index (χ3n) is 6.69. The number of likely N-dealkylation sites (N-methyl/N-ethyl adjacent to an activating group) is 1. The monoisotopic (exact) mass is 357 g/mol. The van der Waals surface area contributed by atoms with Gasteiger partial charge < -0.3 is 19.7 Å². The van der Waals surface area contributed by atoms with Crippen LogP contribution in [0.25, 0.3) is 0 Å². The molecule has 2 N–H and O–H groups in total. The lowest BCUT2D eigenvalue weighted by Crippen LogP contribution is -2.75. The lowest BCUT2D eigenvalue weighted by atomic mass is 9.50. The molecule has 26 heavy (non-hydrogen) atoms. The van der Waals surface area contributed by atoms with Crippen LogP contribution in [0, 0.1) is 0 Å². The molecule has 5 atom stereocenters. The second kappa shape index (κ2) is 4.83. The second-order valence-electron chi connectivity index (χ2n) is 9.28. The number of aliphatic hydroxyl groups excluding tert-OH is 1. The van der Waals surface area contributed by atoms with Crippen LogP contribution in [0.3, 0.4) is 0 Å². The molecule has 0 aromatic heterocycles. The van der Waals surface area contributed by atoms with E-state index in [9.17, 15) is 10.2 Å². The zero-order valence-electron chi connectivity index (χ0n) is 15.8. The van der Waals surface area contributed by atoms with Crippen LogP contribution in [0.15, 0.2) is 24.3 Å². The third kappa shape index (κ3) is 1.81. The predicted molar refractivity (Wildman–Crippen MR) is 97.8 cm³/mol. The maximum Gasteiger partial charge on any atom is 0.166 e. The van der Waals surface area contributed by atoms with E-state index >= 15 is 0 Å². The number of hydrogen-bond donors (Lipinski definition) is 2. The maximum atomic E-state index is 11.9. The fraction of sp³-hybridized carbons (Fsp3) is 0.619. The van der Waals surface area contributed by atoms with Gasteiger partial charge in [-0.3, -0.25) is 4.90 Å². The van der Waals surface area contributed by atoms with E-state index in [4.69, 9.17) is 9.47 Å². The lowest BCUT2D eigenvalue weighted by Gasteiger charge is -2.61. The largest absolute Gasteiger partial charge is 0.484 e. The SMILES string of the molecule is CN1CC[C@]23c4c5ccc(OC(C)(C)C)c4OC2C(O)C=C[C@@]3(O)[C@H]1C5. The Bertz CT molecular complexity index is 813. The normalized spacial score (nSPS) is 40.2. The molecule has 2 aliphatic carbocycles. The van der Waals surface area contributed by atoms with Crippen molar-refractivity contribution in [3.8, 4) is 11.5 Å². The average Bonchev–Trinajstić information content (AvgIpc) is 2.90. The van der Waals surface area contributed by atoms with Gasteiger partial charge in [-0.05, 0) is 58.8 Å². The zero-order valence-corrected chi connectivity index (χ0v) is 15.8. The smallest absolute Gasteiger partial charge is 0.166 e. The molecule has 2 unspecified atom stereocenters. The molecule has 1 aromatic rings. The first-order valence-corrected chi connectivity index (χ1v) is 9.49. The van der Waals surface area contributed by atoms with Gasteiger partial charge in [-0.1, -0.05) is 18.2 Å². The van der Waals surface area contributed by atoms with E-state index in [0.29, 0.717) is 11.5 Å². The van der Waals surface area contributed by atoms with E-state index in [2.05, 4.69) is 18.0 Å². The summed E-state index contributed by atoms with van der Waals surface area (Å²) in [7, 11) is 2.07. The molecule has 5 rings (SSSR count). The van der Waals surface area contributed by atoms with E-state index in [1.165, 1.54) is 5.56 Å². The first kappa shape index (κ1) is 16.6. The molecule has 1 fully saturated rings. The highest BCUT2D eigenvalue weighted by atomic mass is 16.5. The zero-order chi connectivity index (χ0) is 18.5. The van der Waals surface area contributed by atoms with E-state index < -0.39 is 23.2 Å². The van der Waals surface area contributed by atoms with Crippen LogP contribution in [0.5, 0.6) is 11.5 Å². The van der Waals surface area contributed by atoms with Gasteiger partial charge in [0, 0.05) is 11.6 Å². The molecule has 2 bridgehead atoms. The number of hydrogen-bond acceptors (Lipinski definition) is 5. The molecule has 0 saturated carbocycles. The molecule has 1 spiro atoms. The van der Waals surface area contributed by atoms with Crippen LogP contribution < -0.4 is 9.47 Å². The summed E-state index contributed by atoms with van der Waals surface area (Å²) in [6.07, 6.45) is 3.83. The van der Waals surface area contributed by atoms with Gasteiger partial charge in [0.15, 0.2) is 11.5 Å². The van der Waals surface area contributed by atoms with Crippen LogP contribution in [0.1, 0.15) is 38.3 Å². The summed E-state index contributed by atoms with van der Waals surface area (Å²) >= 11 is 0. The highest BCUT2D eigenvalue weighted by Crippen LogP contribution is 2.64. The molecule has 5 nitrogen and oxygen atoms in total. The van der Waals surface area contributed by atoms with Gasteiger partial charge in [0.05, 0.1) is 5.41 Å². The van der Waals surface area contributed by atoms with Gasteiger partial charge in [-0.2, -0.15) is 0 Å². The molecule has 2 heterocycles. The Morgan fingerprint density at radius 1 is 1.31 bits per heavy atom. The Kier molecular flexibility index (Phi) is 3.08. The Labute approximate surface area is 154 Å². The number of piperidine rings is 1. The quantitative estimate of drug-likeness (QED) is 0.751. The molecular weight excluding hydrogens is 330 g/mol. The molecule has 4 aliphatic rings. The summed E-state index contributed by atoms with van der Waals surface area (Å²) in [5.41, 5.74) is 0.254. The topological polar surface area (TPSA) is 62.2 Å². The Balaban J connectivity index is 1.78. The van der Waals surface area contributed by atoms with E-state index in [-0.39, 0.29) is 11.6 Å². The van der Waals surface area contributed by atoms with Crippen LogP contribution in [-0.2, 0) is 11.8 Å². The standard InChI is InChI=1S/C21H27NO4/c1-19(2,3)26-14-6-5-12-11-15-21(24)8-7-13(23)18-20(21,9-10-22(15)4)16(12)17(14)25-18/h5-8,13,15,18,23-24H,9-11H2,1-4H3/t13?,15-,18?,20+,21-/m1/s1. The van der Waals surface area contributed by atoms with E-state index in [0.717, 1.165) is 24.9 Å². The van der Waals surface area contributed by atoms with Crippen molar-refractivity contribution < 1.29 is 19.7 Å². The van der Waals surface area contributed by atoms with Gasteiger partial charge in [0.2, 0.25) is 0 Å². The van der Waals surface area contributed by atoms with Crippen molar-refractivity contribution in [1.82, 2.24) is 4.90 Å². The Morgan fingerprint density at radius 3 is 2.81 bits per heavy atom. The minimum atomic E-state index is -1.04. The number of likely N-dealkylation sites (tertiary alicyclic amines) is 1. The van der Waals surface area contributed by atoms with Gasteiger partial charge in [0.1, 0.15) is 23.4 Å². The molecule has 140 valence electrons. The van der Waals surface area contributed by atoms with Crippen LogP contribution in [-0.4, -0.2) is 58.2 Å².